The second-order valence-corrected chi connectivity index (χ2v) is 6.79. The van der Waals surface area contributed by atoms with Crippen molar-refractivity contribution in [2.24, 2.45) is 0 Å². The van der Waals surface area contributed by atoms with E-state index in [1.807, 2.05) is 4.90 Å². The van der Waals surface area contributed by atoms with Gasteiger partial charge in [-0.2, -0.15) is 0 Å². The lowest BCUT2D eigenvalue weighted by Crippen LogP contribution is -2.39. The lowest BCUT2D eigenvalue weighted by molar-refractivity contribution is -0.130. The lowest BCUT2D eigenvalue weighted by atomic mass is 10.2. The van der Waals surface area contributed by atoms with Gasteiger partial charge in [0.05, 0.1) is 6.04 Å². The molecule has 1 saturated heterocycles. The number of nitrogens with one attached hydrogen (secondary N) is 1. The summed E-state index contributed by atoms with van der Waals surface area (Å²) in [4.78, 5) is 18.1. The summed E-state index contributed by atoms with van der Waals surface area (Å²) in [6.07, 6.45) is 2.03. The van der Waals surface area contributed by atoms with Crippen molar-refractivity contribution in [1.29, 1.82) is 0 Å². The monoisotopic (exact) mass is 309 g/mol. The average molecular weight is 309 g/mol. The Morgan fingerprint density at radius 2 is 2.24 bits per heavy atom. The Hall–Kier alpha value is -0.910. The Labute approximate surface area is 132 Å². The third-order valence-electron chi connectivity index (χ3n) is 4.51. The minimum atomic E-state index is -0.0361. The third kappa shape index (κ3) is 3.65. The molecule has 0 aromatic carbocycles. The predicted molar refractivity (Wildman–Crippen MR) is 88.4 cm³/mol. The molecule has 1 aliphatic heterocycles. The molecule has 0 radical (unpaired) electrons. The minimum Gasteiger partial charge on any atom is -0.319 e. The van der Waals surface area contributed by atoms with Crippen LogP contribution in [-0.4, -0.2) is 47.9 Å². The van der Waals surface area contributed by atoms with Gasteiger partial charge in [-0.3, -0.25) is 10.1 Å². The maximum absolute atomic E-state index is 12.5. The minimum absolute atomic E-state index is 0.0361. The summed E-state index contributed by atoms with van der Waals surface area (Å²) in [5, 5.41) is 5.55. The van der Waals surface area contributed by atoms with Gasteiger partial charge in [0.25, 0.3) is 0 Å². The van der Waals surface area contributed by atoms with Gasteiger partial charge in [0, 0.05) is 24.0 Å². The van der Waals surface area contributed by atoms with E-state index in [9.17, 15) is 4.79 Å². The van der Waals surface area contributed by atoms with Crippen LogP contribution in [0.3, 0.4) is 0 Å². The first-order chi connectivity index (χ1) is 10.1. The second kappa shape index (κ2) is 7.38. The molecule has 0 bridgehead atoms. The van der Waals surface area contributed by atoms with Gasteiger partial charge in [-0.05, 0) is 38.3 Å². The Kier molecular flexibility index (Phi) is 5.79. The van der Waals surface area contributed by atoms with Crippen molar-refractivity contribution in [2.75, 3.05) is 20.1 Å². The smallest absolute Gasteiger partial charge is 0.241 e. The summed E-state index contributed by atoms with van der Waals surface area (Å²) in [6.45, 7) is 8.20. The van der Waals surface area contributed by atoms with Crippen LogP contribution in [0.15, 0.2) is 17.5 Å². The summed E-state index contributed by atoms with van der Waals surface area (Å²) < 4.78 is 0. The highest BCUT2D eigenvalue weighted by Crippen LogP contribution is 2.29. The normalized spacial score (nSPS) is 24.0. The van der Waals surface area contributed by atoms with Crippen LogP contribution in [-0.2, 0) is 4.79 Å². The maximum atomic E-state index is 12.5. The van der Waals surface area contributed by atoms with Crippen molar-refractivity contribution < 1.29 is 4.79 Å². The summed E-state index contributed by atoms with van der Waals surface area (Å²) in [5.41, 5.74) is 0. The zero-order valence-corrected chi connectivity index (χ0v) is 14.3. The maximum Gasteiger partial charge on any atom is 0.241 e. The molecule has 2 heterocycles. The van der Waals surface area contributed by atoms with Gasteiger partial charge < -0.3 is 9.80 Å². The van der Waals surface area contributed by atoms with Crippen LogP contribution in [0, 0.1) is 0 Å². The van der Waals surface area contributed by atoms with Crippen molar-refractivity contribution in [2.45, 2.75) is 51.9 Å². The molecule has 1 aliphatic rings. The Bertz CT molecular complexity index is 448. The molecule has 21 heavy (non-hydrogen) atoms. The molecule has 3 unspecified atom stereocenters. The van der Waals surface area contributed by atoms with Gasteiger partial charge in [0.15, 0.2) is 0 Å². The molecule has 2 rings (SSSR count). The van der Waals surface area contributed by atoms with Crippen LogP contribution in [0.1, 0.15) is 44.7 Å². The van der Waals surface area contributed by atoms with E-state index in [2.05, 4.69) is 55.5 Å². The van der Waals surface area contributed by atoms with Crippen molar-refractivity contribution in [3.63, 3.8) is 0 Å². The molecule has 118 valence electrons. The van der Waals surface area contributed by atoms with Crippen molar-refractivity contribution in [1.82, 2.24) is 15.1 Å². The number of rotatable bonds is 7. The number of carbonyl (C=O) groups excluding carboxylic acids is 1. The third-order valence-corrected chi connectivity index (χ3v) is 5.43. The van der Waals surface area contributed by atoms with Crippen molar-refractivity contribution in [3.05, 3.63) is 22.4 Å². The summed E-state index contributed by atoms with van der Waals surface area (Å²) >= 11 is 1.71. The predicted octanol–water partition coefficient (Wildman–Crippen LogP) is 2.69. The van der Waals surface area contributed by atoms with Crippen molar-refractivity contribution >= 4 is 17.2 Å². The van der Waals surface area contributed by atoms with Gasteiger partial charge in [-0.15, -0.1) is 11.3 Å². The van der Waals surface area contributed by atoms with E-state index in [1.54, 1.807) is 11.3 Å². The number of thiophene rings is 1. The summed E-state index contributed by atoms with van der Waals surface area (Å²) in [7, 11) is 2.14. The van der Waals surface area contributed by atoms with E-state index in [1.165, 1.54) is 4.88 Å². The first kappa shape index (κ1) is 16.5. The fraction of sp³-hybridized carbons (Fsp3) is 0.688. The first-order valence-corrected chi connectivity index (χ1v) is 8.76. The number of carbonyl (C=O) groups is 1. The molecule has 1 amide bonds. The second-order valence-electron chi connectivity index (χ2n) is 5.81. The number of amides is 1. The molecule has 0 spiro atoms. The Balaban J connectivity index is 2.05. The summed E-state index contributed by atoms with van der Waals surface area (Å²) in [5.74, 6) is 0.244. The zero-order chi connectivity index (χ0) is 15.4. The van der Waals surface area contributed by atoms with Crippen LogP contribution in [0.2, 0.25) is 0 Å². The molecule has 1 fully saturated rings. The number of nitrogens with zero attached hydrogens (tertiary/aromatic N) is 2. The van der Waals surface area contributed by atoms with E-state index in [4.69, 9.17) is 0 Å². The van der Waals surface area contributed by atoms with E-state index in [-0.39, 0.29) is 18.1 Å². The molecular formula is C16H27N3OS. The van der Waals surface area contributed by atoms with Crippen LogP contribution >= 0.6 is 11.3 Å². The van der Waals surface area contributed by atoms with Crippen LogP contribution in [0.5, 0.6) is 0 Å². The molecule has 4 nitrogen and oxygen atoms in total. The van der Waals surface area contributed by atoms with Gasteiger partial charge in [0.2, 0.25) is 5.91 Å². The molecule has 1 N–H and O–H groups in total. The molecule has 0 saturated carbocycles. The Morgan fingerprint density at radius 1 is 1.48 bits per heavy atom. The topological polar surface area (TPSA) is 35.6 Å². The van der Waals surface area contributed by atoms with Gasteiger partial charge in [0.1, 0.15) is 6.17 Å². The van der Waals surface area contributed by atoms with Gasteiger partial charge in [-0.25, -0.2) is 0 Å². The molecular weight excluding hydrogens is 282 g/mol. The highest BCUT2D eigenvalue weighted by atomic mass is 32.1. The molecule has 0 aliphatic carbocycles. The lowest BCUT2D eigenvalue weighted by Gasteiger charge is -2.29. The fourth-order valence-corrected chi connectivity index (χ4v) is 3.49. The van der Waals surface area contributed by atoms with Crippen LogP contribution < -0.4 is 5.32 Å². The van der Waals surface area contributed by atoms with E-state index >= 15 is 0 Å². The highest BCUT2D eigenvalue weighted by Gasteiger charge is 2.38. The number of likely N-dealkylation sites (N-methyl/N-ethyl adjacent to an activating group) is 1. The van der Waals surface area contributed by atoms with Crippen LogP contribution in [0.4, 0.5) is 0 Å². The van der Waals surface area contributed by atoms with Gasteiger partial charge >= 0.3 is 0 Å². The highest BCUT2D eigenvalue weighted by molar-refractivity contribution is 7.10. The molecule has 3 atom stereocenters. The number of hydrogen-bond donors (Lipinski definition) is 1. The molecule has 1 aromatic rings. The quantitative estimate of drug-likeness (QED) is 0.841. The molecule has 5 heteroatoms. The van der Waals surface area contributed by atoms with Crippen molar-refractivity contribution in [3.8, 4) is 0 Å². The SMILES string of the molecule is CCC1NC(c2cccs2)N(CCN(C)C(C)CC)C1=O. The van der Waals surface area contributed by atoms with Gasteiger partial charge in [-0.1, -0.05) is 19.9 Å². The zero-order valence-electron chi connectivity index (χ0n) is 13.5. The standard InChI is InChI=1S/C16H27N3OS/c1-5-12(3)18(4)9-10-19-15(14-8-7-11-21-14)17-13(6-2)16(19)20/h7-8,11-13,15,17H,5-6,9-10H2,1-4H3. The molecule has 1 aromatic heterocycles. The van der Waals surface area contributed by atoms with E-state index < -0.39 is 0 Å². The average Bonchev–Trinajstić information content (AvgIpc) is 3.11. The number of hydrogen-bond acceptors (Lipinski definition) is 4. The fourth-order valence-electron chi connectivity index (χ4n) is 2.69. The van der Waals surface area contributed by atoms with Crippen LogP contribution in [0.25, 0.3) is 0 Å². The summed E-state index contributed by atoms with van der Waals surface area (Å²) in [6, 6.07) is 4.68. The Morgan fingerprint density at radius 3 is 2.81 bits per heavy atom. The van der Waals surface area contributed by atoms with E-state index in [0.717, 1.165) is 25.9 Å². The largest absolute Gasteiger partial charge is 0.319 e. The van der Waals surface area contributed by atoms with E-state index in [0.29, 0.717) is 6.04 Å². The first-order valence-electron chi connectivity index (χ1n) is 7.88.